The second-order valence-electron chi connectivity index (χ2n) is 4.01. The molecule has 3 nitrogen and oxygen atoms in total. The van der Waals surface area contributed by atoms with Gasteiger partial charge in [-0.2, -0.15) is 0 Å². The minimum Gasteiger partial charge on any atom is -0.488 e. The molecule has 2 aromatic rings. The third-order valence-corrected chi connectivity index (χ3v) is 2.71. The zero-order valence-corrected chi connectivity index (χ0v) is 10.2. The summed E-state index contributed by atoms with van der Waals surface area (Å²) in [4.78, 5) is 4.17. The topological polar surface area (TPSA) is 48.1 Å². The molecule has 1 aromatic carbocycles. The Hall–Kier alpha value is -1.94. The zero-order chi connectivity index (χ0) is 13.0. The fourth-order valence-corrected chi connectivity index (χ4v) is 1.67. The number of hydrogen-bond donors (Lipinski definition) is 1. The van der Waals surface area contributed by atoms with Crippen molar-refractivity contribution in [2.45, 2.75) is 20.1 Å². The van der Waals surface area contributed by atoms with E-state index < -0.39 is 0 Å². The predicted molar refractivity (Wildman–Crippen MR) is 67.6 cm³/mol. The Morgan fingerprint density at radius 3 is 2.94 bits per heavy atom. The minimum absolute atomic E-state index is 0.305. The molecule has 18 heavy (non-hydrogen) atoms. The molecule has 0 bridgehead atoms. The summed E-state index contributed by atoms with van der Waals surface area (Å²) >= 11 is 0. The number of hydrogen-bond acceptors (Lipinski definition) is 3. The normalized spacial score (nSPS) is 10.4. The number of rotatable bonds is 4. The van der Waals surface area contributed by atoms with Gasteiger partial charge in [0.2, 0.25) is 0 Å². The Labute approximate surface area is 105 Å². The zero-order valence-electron chi connectivity index (χ0n) is 10.2. The molecule has 0 aliphatic carbocycles. The first-order valence-electron chi connectivity index (χ1n) is 5.72. The van der Waals surface area contributed by atoms with Crippen LogP contribution in [0.15, 0.2) is 36.5 Å². The van der Waals surface area contributed by atoms with Crippen molar-refractivity contribution >= 4 is 0 Å². The monoisotopic (exact) mass is 246 g/mol. The fraction of sp³-hybridized carbons (Fsp3) is 0.214. The van der Waals surface area contributed by atoms with Crippen LogP contribution in [-0.2, 0) is 13.2 Å². The van der Waals surface area contributed by atoms with Crippen LogP contribution in [0.3, 0.4) is 0 Å². The summed E-state index contributed by atoms with van der Waals surface area (Å²) in [6.45, 7) is 2.58. The molecule has 0 saturated heterocycles. The fourth-order valence-electron chi connectivity index (χ4n) is 1.67. The van der Waals surface area contributed by atoms with Crippen LogP contribution < -0.4 is 10.5 Å². The van der Waals surface area contributed by atoms with Crippen molar-refractivity contribution in [2.24, 2.45) is 5.73 Å². The molecule has 1 aromatic heterocycles. The molecule has 0 radical (unpaired) electrons. The van der Waals surface area contributed by atoms with Gasteiger partial charge in [0.15, 0.2) is 0 Å². The summed E-state index contributed by atoms with van der Waals surface area (Å²) in [5.74, 6) is 0.239. The van der Waals surface area contributed by atoms with Gasteiger partial charge in [-0.15, -0.1) is 0 Å². The summed E-state index contributed by atoms with van der Waals surface area (Å²) in [5, 5.41) is 0. The molecular formula is C14H15FN2O. The highest BCUT2D eigenvalue weighted by Gasteiger charge is 2.05. The molecule has 2 rings (SSSR count). The number of ether oxygens (including phenoxy) is 1. The van der Waals surface area contributed by atoms with Crippen LogP contribution in [-0.4, -0.2) is 4.98 Å². The van der Waals surface area contributed by atoms with Gasteiger partial charge in [0.25, 0.3) is 0 Å². The van der Waals surface area contributed by atoms with Crippen molar-refractivity contribution in [1.82, 2.24) is 4.98 Å². The van der Waals surface area contributed by atoms with Crippen molar-refractivity contribution in [3.05, 3.63) is 59.2 Å². The lowest BCUT2D eigenvalue weighted by Crippen LogP contribution is -2.07. The average Bonchev–Trinajstić information content (AvgIpc) is 2.40. The van der Waals surface area contributed by atoms with E-state index in [1.54, 1.807) is 12.3 Å². The van der Waals surface area contributed by atoms with E-state index in [2.05, 4.69) is 4.98 Å². The van der Waals surface area contributed by atoms with Gasteiger partial charge in [-0.25, -0.2) is 4.39 Å². The number of halogens is 1. The minimum atomic E-state index is -0.305. The predicted octanol–water partition coefficient (Wildman–Crippen LogP) is 2.57. The molecule has 0 fully saturated rings. The highest BCUT2D eigenvalue weighted by molar-refractivity contribution is 5.33. The van der Waals surface area contributed by atoms with E-state index in [1.807, 2.05) is 19.1 Å². The molecule has 4 heteroatoms. The van der Waals surface area contributed by atoms with Gasteiger partial charge in [-0.1, -0.05) is 12.1 Å². The summed E-state index contributed by atoms with van der Waals surface area (Å²) in [5.41, 5.74) is 8.21. The number of aromatic nitrogens is 1. The standard InChI is InChI=1S/C14H15FN2O/c1-10-4-5-12(15)7-14(10)18-9-11-3-2-6-17-13(11)8-16/h2-7H,8-9,16H2,1H3. The maximum absolute atomic E-state index is 13.1. The van der Waals surface area contributed by atoms with E-state index in [0.717, 1.165) is 16.8 Å². The van der Waals surface area contributed by atoms with Crippen molar-refractivity contribution < 1.29 is 9.13 Å². The van der Waals surface area contributed by atoms with Crippen molar-refractivity contribution in [2.75, 3.05) is 0 Å². The number of benzene rings is 1. The summed E-state index contributed by atoms with van der Waals surface area (Å²) < 4.78 is 18.7. The highest BCUT2D eigenvalue weighted by Crippen LogP contribution is 2.20. The molecule has 94 valence electrons. The van der Waals surface area contributed by atoms with Crippen LogP contribution in [0.2, 0.25) is 0 Å². The quantitative estimate of drug-likeness (QED) is 0.902. The molecule has 1 heterocycles. The Morgan fingerprint density at radius 2 is 2.17 bits per heavy atom. The van der Waals surface area contributed by atoms with Gasteiger partial charge in [-0.05, 0) is 24.6 Å². The van der Waals surface area contributed by atoms with Crippen LogP contribution in [0.4, 0.5) is 4.39 Å². The smallest absolute Gasteiger partial charge is 0.126 e. The lowest BCUT2D eigenvalue weighted by molar-refractivity contribution is 0.300. The molecule has 0 atom stereocenters. The van der Waals surface area contributed by atoms with Gasteiger partial charge >= 0.3 is 0 Å². The average molecular weight is 246 g/mol. The van der Waals surface area contributed by atoms with Crippen LogP contribution in [0, 0.1) is 12.7 Å². The molecular weight excluding hydrogens is 231 g/mol. The molecule has 0 spiro atoms. The van der Waals surface area contributed by atoms with Gasteiger partial charge in [0, 0.05) is 24.4 Å². The third-order valence-electron chi connectivity index (χ3n) is 2.71. The van der Waals surface area contributed by atoms with Crippen LogP contribution in [0.5, 0.6) is 5.75 Å². The Bertz CT molecular complexity index is 543. The van der Waals surface area contributed by atoms with Gasteiger partial charge in [0.1, 0.15) is 18.2 Å². The number of pyridine rings is 1. The second-order valence-corrected chi connectivity index (χ2v) is 4.01. The Balaban J connectivity index is 2.14. The van der Waals surface area contributed by atoms with Crippen molar-refractivity contribution in [1.29, 1.82) is 0 Å². The van der Waals surface area contributed by atoms with E-state index in [1.165, 1.54) is 12.1 Å². The third kappa shape index (κ3) is 2.84. The van der Waals surface area contributed by atoms with Crippen LogP contribution in [0.25, 0.3) is 0 Å². The molecule has 0 aliphatic rings. The molecule has 0 aliphatic heterocycles. The first-order valence-corrected chi connectivity index (χ1v) is 5.72. The summed E-state index contributed by atoms with van der Waals surface area (Å²) in [6.07, 6.45) is 1.69. The Kier molecular flexibility index (Phi) is 3.89. The van der Waals surface area contributed by atoms with Gasteiger partial charge < -0.3 is 10.5 Å². The second kappa shape index (κ2) is 5.60. The SMILES string of the molecule is Cc1ccc(F)cc1OCc1cccnc1CN. The molecule has 0 unspecified atom stereocenters. The van der Waals surface area contributed by atoms with E-state index in [4.69, 9.17) is 10.5 Å². The van der Waals surface area contributed by atoms with E-state index in [0.29, 0.717) is 18.9 Å². The Morgan fingerprint density at radius 1 is 1.33 bits per heavy atom. The largest absolute Gasteiger partial charge is 0.488 e. The summed E-state index contributed by atoms with van der Waals surface area (Å²) in [7, 11) is 0. The maximum atomic E-state index is 13.1. The van der Waals surface area contributed by atoms with Crippen LogP contribution >= 0.6 is 0 Å². The summed E-state index contributed by atoms with van der Waals surface area (Å²) in [6, 6.07) is 8.23. The van der Waals surface area contributed by atoms with E-state index in [9.17, 15) is 4.39 Å². The molecule has 0 saturated carbocycles. The van der Waals surface area contributed by atoms with E-state index in [-0.39, 0.29) is 5.82 Å². The van der Waals surface area contributed by atoms with Gasteiger partial charge in [-0.3, -0.25) is 4.98 Å². The molecule has 2 N–H and O–H groups in total. The first-order chi connectivity index (χ1) is 8.70. The maximum Gasteiger partial charge on any atom is 0.126 e. The lowest BCUT2D eigenvalue weighted by Gasteiger charge is -2.11. The highest BCUT2D eigenvalue weighted by atomic mass is 19.1. The first kappa shape index (κ1) is 12.5. The van der Waals surface area contributed by atoms with Crippen molar-refractivity contribution in [3.8, 4) is 5.75 Å². The number of aryl methyl sites for hydroxylation is 1. The molecule has 0 amide bonds. The van der Waals surface area contributed by atoms with Crippen molar-refractivity contribution in [3.63, 3.8) is 0 Å². The lowest BCUT2D eigenvalue weighted by atomic mass is 10.2. The van der Waals surface area contributed by atoms with E-state index >= 15 is 0 Å². The number of nitrogens with zero attached hydrogens (tertiary/aromatic N) is 1. The van der Waals surface area contributed by atoms with Gasteiger partial charge in [0.05, 0.1) is 5.69 Å². The van der Waals surface area contributed by atoms with Crippen LogP contribution in [0.1, 0.15) is 16.8 Å². The number of nitrogens with two attached hydrogens (primary N) is 1.